The van der Waals surface area contributed by atoms with Crippen molar-refractivity contribution in [1.82, 2.24) is 14.9 Å². The highest BCUT2D eigenvalue weighted by molar-refractivity contribution is 5.93. The van der Waals surface area contributed by atoms with Crippen molar-refractivity contribution >= 4 is 28.5 Å². The molecule has 1 aliphatic rings. The molecule has 1 N–H and O–H groups in total. The molecule has 1 aliphatic carbocycles. The molecule has 0 radical (unpaired) electrons. The van der Waals surface area contributed by atoms with E-state index >= 15 is 0 Å². The van der Waals surface area contributed by atoms with E-state index < -0.39 is 0 Å². The van der Waals surface area contributed by atoms with Crippen LogP contribution in [0.3, 0.4) is 0 Å². The smallest absolute Gasteiger partial charge is 0.409 e. The Labute approximate surface area is 205 Å². The van der Waals surface area contributed by atoms with Crippen LogP contribution >= 0.6 is 0 Å². The van der Waals surface area contributed by atoms with E-state index in [0.717, 1.165) is 47.8 Å². The van der Waals surface area contributed by atoms with Crippen molar-refractivity contribution in [3.8, 4) is 23.8 Å². The zero-order chi connectivity index (χ0) is 24.8. The molecule has 1 fully saturated rings. The molecule has 0 unspecified atom stereocenters. The number of benzene rings is 2. The molecule has 1 saturated carbocycles. The number of hydrogen-bond donors (Lipinski definition) is 1. The Morgan fingerprint density at radius 2 is 1.97 bits per heavy atom. The van der Waals surface area contributed by atoms with Crippen LogP contribution in [-0.4, -0.2) is 53.9 Å². The van der Waals surface area contributed by atoms with Crippen molar-refractivity contribution in [3.05, 3.63) is 48.3 Å². The minimum absolute atomic E-state index is 0.0153. The summed E-state index contributed by atoms with van der Waals surface area (Å²) < 4.78 is 17.1. The Hall–Kier alpha value is -3.99. The molecular weight excluding hydrogens is 444 g/mol. The van der Waals surface area contributed by atoms with Gasteiger partial charge in [-0.3, -0.25) is 0 Å². The van der Waals surface area contributed by atoms with Gasteiger partial charge in [0.05, 0.1) is 25.3 Å². The number of carbonyl (C=O) groups excluding carboxylic acids is 1. The van der Waals surface area contributed by atoms with E-state index in [1.165, 1.54) is 6.33 Å². The number of methoxy groups -OCH3 is 1. The predicted octanol–water partition coefficient (Wildman–Crippen LogP) is 5.14. The highest BCUT2D eigenvalue weighted by Gasteiger charge is 2.28. The van der Waals surface area contributed by atoms with Crippen molar-refractivity contribution in [2.45, 2.75) is 44.8 Å². The van der Waals surface area contributed by atoms with Crippen LogP contribution in [0.15, 0.2) is 42.7 Å². The van der Waals surface area contributed by atoms with Gasteiger partial charge in [0.25, 0.3) is 0 Å². The topological polar surface area (TPSA) is 85.8 Å². The molecule has 35 heavy (non-hydrogen) atoms. The molecule has 8 heteroatoms. The minimum Gasteiger partial charge on any atom is -0.493 e. The number of rotatable bonds is 7. The Morgan fingerprint density at radius 1 is 1.17 bits per heavy atom. The summed E-state index contributed by atoms with van der Waals surface area (Å²) in [6.07, 6.45) is 10.1. The molecular formula is C27H30N4O4. The van der Waals surface area contributed by atoms with Crippen LogP contribution in [0, 0.1) is 12.3 Å². The minimum atomic E-state index is -0.277. The van der Waals surface area contributed by atoms with Crippen LogP contribution in [0.4, 0.5) is 16.3 Å². The van der Waals surface area contributed by atoms with Crippen molar-refractivity contribution in [3.63, 3.8) is 0 Å². The number of amides is 1. The fourth-order valence-corrected chi connectivity index (χ4v) is 4.34. The normalized spacial score (nSPS) is 17.3. The highest BCUT2D eigenvalue weighted by atomic mass is 16.6. The van der Waals surface area contributed by atoms with E-state index in [1.807, 2.05) is 43.3 Å². The first-order chi connectivity index (χ1) is 17.0. The maximum Gasteiger partial charge on any atom is 0.409 e. The van der Waals surface area contributed by atoms with Gasteiger partial charge in [-0.1, -0.05) is 12.0 Å². The largest absolute Gasteiger partial charge is 0.493 e. The molecule has 1 heterocycles. The summed E-state index contributed by atoms with van der Waals surface area (Å²) in [5, 5.41) is 4.15. The lowest BCUT2D eigenvalue weighted by Crippen LogP contribution is -2.41. The third kappa shape index (κ3) is 5.57. The third-order valence-corrected chi connectivity index (χ3v) is 6.25. The second kappa shape index (κ2) is 11.0. The predicted molar refractivity (Wildman–Crippen MR) is 135 cm³/mol. The van der Waals surface area contributed by atoms with Crippen LogP contribution in [0.5, 0.6) is 11.5 Å². The van der Waals surface area contributed by atoms with Gasteiger partial charge in [0.1, 0.15) is 12.1 Å². The number of ether oxygens (including phenoxy) is 3. The van der Waals surface area contributed by atoms with Gasteiger partial charge in [-0.2, -0.15) is 0 Å². The zero-order valence-corrected chi connectivity index (χ0v) is 20.3. The van der Waals surface area contributed by atoms with E-state index in [-0.39, 0.29) is 18.2 Å². The van der Waals surface area contributed by atoms with E-state index in [1.54, 1.807) is 19.1 Å². The van der Waals surface area contributed by atoms with Crippen LogP contribution in [0.2, 0.25) is 0 Å². The summed E-state index contributed by atoms with van der Waals surface area (Å²) in [6.45, 7) is 2.19. The van der Waals surface area contributed by atoms with Gasteiger partial charge in [-0.25, -0.2) is 14.8 Å². The number of hydrogen-bond acceptors (Lipinski definition) is 7. The molecule has 0 spiro atoms. The molecule has 182 valence electrons. The maximum atomic E-state index is 12.1. The molecule has 2 aromatic carbocycles. The summed E-state index contributed by atoms with van der Waals surface area (Å²) >= 11 is 0. The lowest BCUT2D eigenvalue weighted by Gasteiger charge is -2.34. The first-order valence-corrected chi connectivity index (χ1v) is 11.7. The number of carbonyl (C=O) groups is 1. The average molecular weight is 475 g/mol. The Kier molecular flexibility index (Phi) is 7.56. The van der Waals surface area contributed by atoms with E-state index in [2.05, 4.69) is 21.2 Å². The van der Waals surface area contributed by atoms with Gasteiger partial charge in [0.15, 0.2) is 11.5 Å². The summed E-state index contributed by atoms with van der Waals surface area (Å²) in [7, 11) is 3.41. The SMILES string of the molecule is C#Cc1cccc(Nc2ncnc3cc(OC)c(O[C@H]4CC[C@H](N(C)C(=O)OCC)CC4)cc23)c1. The monoisotopic (exact) mass is 474 g/mol. The van der Waals surface area contributed by atoms with Gasteiger partial charge in [0, 0.05) is 35.8 Å². The third-order valence-electron chi connectivity index (χ3n) is 6.25. The first kappa shape index (κ1) is 24.1. The summed E-state index contributed by atoms with van der Waals surface area (Å²) in [4.78, 5) is 22.6. The quantitative estimate of drug-likeness (QED) is 0.475. The van der Waals surface area contributed by atoms with Gasteiger partial charge < -0.3 is 24.4 Å². The number of fused-ring (bicyclic) bond motifs is 1. The standard InChI is InChI=1S/C27H30N4O4/c1-5-18-8-7-9-19(14-18)30-26-22-15-25(24(33-4)16-23(22)28-17-29-26)35-21-12-10-20(11-13-21)31(3)27(32)34-6-2/h1,7-9,14-17,20-21H,6,10-13H2,2-4H3,(H,28,29,30)/t20-,21-. The summed E-state index contributed by atoms with van der Waals surface area (Å²) in [6, 6.07) is 11.5. The fourth-order valence-electron chi connectivity index (χ4n) is 4.34. The maximum absolute atomic E-state index is 12.1. The molecule has 3 aromatic rings. The average Bonchev–Trinajstić information content (AvgIpc) is 2.89. The number of terminal acetylenes is 1. The molecule has 1 amide bonds. The van der Waals surface area contributed by atoms with Gasteiger partial charge >= 0.3 is 6.09 Å². The Balaban J connectivity index is 1.52. The van der Waals surface area contributed by atoms with Crippen LogP contribution in [0.1, 0.15) is 38.2 Å². The molecule has 8 nitrogen and oxygen atoms in total. The van der Waals surface area contributed by atoms with Crippen molar-refractivity contribution < 1.29 is 19.0 Å². The fraction of sp³-hybridized carbons (Fsp3) is 0.370. The van der Waals surface area contributed by atoms with Gasteiger partial charge in [-0.15, -0.1) is 6.42 Å². The van der Waals surface area contributed by atoms with Gasteiger partial charge in [0.2, 0.25) is 0 Å². The molecule has 4 rings (SSSR count). The van der Waals surface area contributed by atoms with E-state index in [0.29, 0.717) is 23.9 Å². The molecule has 0 atom stereocenters. The van der Waals surface area contributed by atoms with Crippen molar-refractivity contribution in [2.24, 2.45) is 0 Å². The zero-order valence-electron chi connectivity index (χ0n) is 20.3. The number of aromatic nitrogens is 2. The number of nitrogens with zero attached hydrogens (tertiary/aromatic N) is 3. The number of anilines is 2. The van der Waals surface area contributed by atoms with Crippen molar-refractivity contribution in [1.29, 1.82) is 0 Å². The van der Waals surface area contributed by atoms with Crippen LogP contribution in [-0.2, 0) is 4.74 Å². The lowest BCUT2D eigenvalue weighted by molar-refractivity contribution is 0.0718. The first-order valence-electron chi connectivity index (χ1n) is 11.7. The summed E-state index contributed by atoms with van der Waals surface area (Å²) in [5.74, 6) is 4.54. The lowest BCUT2D eigenvalue weighted by atomic mass is 9.92. The van der Waals surface area contributed by atoms with Crippen LogP contribution < -0.4 is 14.8 Å². The molecule has 0 aliphatic heterocycles. The second-order valence-electron chi connectivity index (χ2n) is 8.45. The van der Waals surface area contributed by atoms with Crippen LogP contribution in [0.25, 0.3) is 10.9 Å². The van der Waals surface area contributed by atoms with Gasteiger partial charge in [-0.05, 0) is 56.9 Å². The Morgan fingerprint density at radius 3 is 2.69 bits per heavy atom. The molecule has 1 aromatic heterocycles. The number of nitrogens with one attached hydrogen (secondary N) is 1. The Bertz CT molecular complexity index is 1230. The van der Waals surface area contributed by atoms with E-state index in [4.69, 9.17) is 20.6 Å². The highest BCUT2D eigenvalue weighted by Crippen LogP contribution is 2.37. The second-order valence-corrected chi connectivity index (χ2v) is 8.45. The van der Waals surface area contributed by atoms with Crippen molar-refractivity contribution in [2.75, 3.05) is 26.1 Å². The van der Waals surface area contributed by atoms with E-state index in [9.17, 15) is 4.79 Å². The summed E-state index contributed by atoms with van der Waals surface area (Å²) in [5.41, 5.74) is 2.35. The molecule has 0 bridgehead atoms. The molecule has 0 saturated heterocycles.